The zero-order valence-electron chi connectivity index (χ0n) is 12.3. The average Bonchev–Trinajstić information content (AvgIpc) is 2.42. The second kappa shape index (κ2) is 15.7. The van der Waals surface area contributed by atoms with Crippen molar-refractivity contribution in [2.24, 2.45) is 0 Å². The second-order valence-electron chi connectivity index (χ2n) is 4.62. The Hall–Kier alpha value is 0.359. The minimum atomic E-state index is 0.194. The van der Waals surface area contributed by atoms with Gasteiger partial charge in [-0.05, 0) is 19.8 Å². The van der Waals surface area contributed by atoms with Crippen molar-refractivity contribution in [3.8, 4) is 0 Å². The fourth-order valence-electron chi connectivity index (χ4n) is 1.73. The predicted octanol–water partition coefficient (Wildman–Crippen LogP) is 3.44. The molecule has 1 aliphatic rings. The third kappa shape index (κ3) is 14.8. The number of nitrogens with zero attached hydrogens (tertiary/aromatic N) is 4. The van der Waals surface area contributed by atoms with E-state index in [0.29, 0.717) is 0 Å². The Balaban J connectivity index is 0.00000110. The van der Waals surface area contributed by atoms with Crippen molar-refractivity contribution in [1.82, 2.24) is 9.80 Å². The SMILES string of the molecule is CN1/C=C\[N-]CCCN(C)C[CH-]C[N-]CCC1.[Cl][Fe][Cl]. The topological polar surface area (TPSA) is 34.7 Å². The quantitative estimate of drug-likeness (QED) is 0.488. The summed E-state index contributed by atoms with van der Waals surface area (Å²) in [5.74, 6) is 0. The summed E-state index contributed by atoms with van der Waals surface area (Å²) in [5.41, 5.74) is 0. The van der Waals surface area contributed by atoms with E-state index < -0.39 is 0 Å². The van der Waals surface area contributed by atoms with Crippen LogP contribution < -0.4 is 0 Å². The van der Waals surface area contributed by atoms with E-state index in [1.807, 2.05) is 6.20 Å². The maximum absolute atomic E-state index is 4.76. The molecule has 0 fully saturated rings. The van der Waals surface area contributed by atoms with Gasteiger partial charge in [-0.3, -0.25) is 6.54 Å². The van der Waals surface area contributed by atoms with Gasteiger partial charge in [0.1, 0.15) is 0 Å². The van der Waals surface area contributed by atoms with E-state index in [-0.39, 0.29) is 13.1 Å². The van der Waals surface area contributed by atoms with Crippen molar-refractivity contribution < 1.29 is 13.1 Å². The van der Waals surface area contributed by atoms with Gasteiger partial charge in [0.25, 0.3) is 0 Å². The van der Waals surface area contributed by atoms with E-state index in [2.05, 4.69) is 47.1 Å². The minimum absolute atomic E-state index is 0.194. The van der Waals surface area contributed by atoms with Gasteiger partial charge in [-0.2, -0.15) is 6.20 Å². The molecule has 0 saturated heterocycles. The molecule has 0 N–H and O–H groups in total. The van der Waals surface area contributed by atoms with Gasteiger partial charge in [0.15, 0.2) is 0 Å². The van der Waals surface area contributed by atoms with E-state index in [0.717, 1.165) is 52.1 Å². The fraction of sp³-hybridized carbons (Fsp3) is 0.769. The Morgan fingerprint density at radius 3 is 2.60 bits per heavy atom. The van der Waals surface area contributed by atoms with E-state index in [9.17, 15) is 0 Å². The van der Waals surface area contributed by atoms with E-state index in [4.69, 9.17) is 20.2 Å². The first-order chi connectivity index (χ1) is 9.70. The first-order valence-electron chi connectivity index (χ1n) is 6.73. The van der Waals surface area contributed by atoms with Crippen LogP contribution >= 0.6 is 20.2 Å². The summed E-state index contributed by atoms with van der Waals surface area (Å²) in [6.45, 7) is 5.93. The summed E-state index contributed by atoms with van der Waals surface area (Å²) < 4.78 is 0. The third-order valence-corrected chi connectivity index (χ3v) is 2.78. The predicted molar refractivity (Wildman–Crippen MR) is 85.8 cm³/mol. The Morgan fingerprint density at radius 2 is 1.85 bits per heavy atom. The van der Waals surface area contributed by atoms with Gasteiger partial charge in [0.05, 0.1) is 0 Å². The molecule has 0 aromatic heterocycles. The molecule has 1 heterocycles. The van der Waals surface area contributed by atoms with Crippen LogP contribution in [0.1, 0.15) is 12.8 Å². The summed E-state index contributed by atoms with van der Waals surface area (Å²) in [4.78, 5) is 4.50. The molecule has 0 amide bonds. The van der Waals surface area contributed by atoms with Crippen LogP contribution in [0.4, 0.5) is 0 Å². The Kier molecular flexibility index (Phi) is 16.0. The normalized spacial score (nSPS) is 21.9. The number of rotatable bonds is 0. The van der Waals surface area contributed by atoms with Gasteiger partial charge in [-0.25, -0.2) is 0 Å². The Morgan fingerprint density at radius 1 is 1.15 bits per heavy atom. The van der Waals surface area contributed by atoms with Crippen molar-refractivity contribution in [2.45, 2.75) is 12.8 Å². The fourth-order valence-corrected chi connectivity index (χ4v) is 1.73. The molecule has 0 spiro atoms. The molecule has 7 heteroatoms. The van der Waals surface area contributed by atoms with E-state index in [1.165, 1.54) is 0 Å². The molecule has 0 aromatic carbocycles. The molecule has 0 atom stereocenters. The van der Waals surface area contributed by atoms with Crippen molar-refractivity contribution in [1.29, 1.82) is 0 Å². The molecule has 0 aromatic rings. The van der Waals surface area contributed by atoms with E-state index in [1.54, 1.807) is 0 Å². The van der Waals surface area contributed by atoms with Gasteiger partial charge in [0, 0.05) is 13.6 Å². The zero-order valence-corrected chi connectivity index (χ0v) is 14.9. The molecule has 1 rings (SSSR count). The number of halogens is 2. The summed E-state index contributed by atoms with van der Waals surface area (Å²) >= 11 is 0.194. The molecular weight excluding hydrogens is 339 g/mol. The van der Waals surface area contributed by atoms with Crippen LogP contribution in [-0.4, -0.2) is 63.2 Å². The zero-order chi connectivity index (χ0) is 15.1. The summed E-state index contributed by atoms with van der Waals surface area (Å²) in [7, 11) is 13.8. The molecule has 122 valence electrons. The molecule has 0 saturated carbocycles. The van der Waals surface area contributed by atoms with Gasteiger partial charge in [0.2, 0.25) is 0 Å². The molecule has 0 radical (unpaired) electrons. The molecule has 0 aliphatic carbocycles. The maximum atomic E-state index is 4.76. The number of hydrogen-bond donors (Lipinski definition) is 0. The molecule has 1 aliphatic heterocycles. The van der Waals surface area contributed by atoms with Gasteiger partial charge < -0.3 is 26.9 Å². The summed E-state index contributed by atoms with van der Waals surface area (Å²) in [6.07, 6.45) is 8.46. The van der Waals surface area contributed by atoms with Crippen LogP contribution in [-0.2, 0) is 13.1 Å². The Labute approximate surface area is 138 Å². The van der Waals surface area contributed by atoms with Crippen LogP contribution in [0.2, 0.25) is 0 Å². The van der Waals surface area contributed by atoms with Crippen LogP contribution in [0.15, 0.2) is 12.4 Å². The average molecular weight is 364 g/mol. The summed E-state index contributed by atoms with van der Waals surface area (Å²) in [5, 5.41) is 8.88. The molecule has 0 bridgehead atoms. The van der Waals surface area contributed by atoms with Crippen LogP contribution in [0, 0.1) is 6.42 Å². The van der Waals surface area contributed by atoms with Gasteiger partial charge in [-0.15, -0.1) is 19.6 Å². The molecule has 0 unspecified atom stereocenters. The monoisotopic (exact) mass is 363 g/mol. The van der Waals surface area contributed by atoms with E-state index >= 15 is 0 Å². The van der Waals surface area contributed by atoms with Crippen molar-refractivity contribution in [3.63, 3.8) is 0 Å². The van der Waals surface area contributed by atoms with Crippen molar-refractivity contribution >= 4 is 20.2 Å². The van der Waals surface area contributed by atoms with Gasteiger partial charge >= 0.3 is 33.3 Å². The first-order valence-corrected chi connectivity index (χ1v) is 9.76. The van der Waals surface area contributed by atoms with Crippen LogP contribution in [0.3, 0.4) is 0 Å². The van der Waals surface area contributed by atoms with Crippen LogP contribution in [0.25, 0.3) is 10.6 Å². The van der Waals surface area contributed by atoms with Crippen molar-refractivity contribution in [2.75, 3.05) is 53.4 Å². The summed E-state index contributed by atoms with van der Waals surface area (Å²) in [6, 6.07) is 0. The second-order valence-corrected chi connectivity index (χ2v) is 6.45. The van der Waals surface area contributed by atoms with Crippen molar-refractivity contribution in [3.05, 3.63) is 29.5 Å². The Bertz CT molecular complexity index is 232. The number of hydrogen-bond acceptors (Lipinski definition) is 2. The first kappa shape index (κ1) is 20.4. The van der Waals surface area contributed by atoms with Crippen LogP contribution in [0.5, 0.6) is 0 Å². The molecule has 20 heavy (non-hydrogen) atoms. The standard InChI is InChI=1S/C13H25N4.2ClH.Fe/c1-16-10-3-6-14-7-4-12-17(2)13-9-15-8-5-11-16;;;/h3,9,13H,4-8,10-12H2,1-2H3;2*1H;/q-3;;;+2/p-2/b13-9-;;;. The molecule has 4 nitrogen and oxygen atoms in total. The van der Waals surface area contributed by atoms with Gasteiger partial charge in [-0.1, -0.05) is 12.8 Å². The third-order valence-electron chi connectivity index (χ3n) is 2.78. The molecular formula is C13H25Cl2FeN4-3.